The lowest BCUT2D eigenvalue weighted by Gasteiger charge is -2.11. The molecule has 3 aromatic rings. The maximum absolute atomic E-state index is 13.2. The summed E-state index contributed by atoms with van der Waals surface area (Å²) in [5.41, 5.74) is 2.15. The van der Waals surface area contributed by atoms with Crippen LogP contribution in [0.25, 0.3) is 0 Å². The number of carbonyl (C=O) groups is 1. The van der Waals surface area contributed by atoms with Gasteiger partial charge in [0.1, 0.15) is 12.4 Å². The van der Waals surface area contributed by atoms with Gasteiger partial charge in [-0.05, 0) is 37.1 Å². The van der Waals surface area contributed by atoms with Crippen LogP contribution < -0.4 is 15.9 Å². The highest BCUT2D eigenvalue weighted by Crippen LogP contribution is 2.24. The number of rotatable bonds is 7. The summed E-state index contributed by atoms with van der Waals surface area (Å²) < 4.78 is 33.2. The fraction of sp³-hybridized carbons (Fsp3) is 0.211. The molecule has 0 saturated heterocycles. The zero-order chi connectivity index (χ0) is 21.0. The number of nitrogens with zero attached hydrogens (tertiary/aromatic N) is 3. The average molecular weight is 419 g/mol. The lowest BCUT2D eigenvalue weighted by atomic mass is 10.1. The molecule has 0 atom stereocenters. The molecule has 0 aliphatic heterocycles. The Kier molecular flexibility index (Phi) is 6.32. The molecule has 0 unspecified atom stereocenters. The summed E-state index contributed by atoms with van der Waals surface area (Å²) in [6.07, 6.45) is 0. The number of carbonyl (C=O) groups excluding carboxylic acids is 1. The molecule has 0 aliphatic carbocycles. The van der Waals surface area contributed by atoms with E-state index in [-0.39, 0.29) is 18.0 Å². The number of hydrogen-bond donors (Lipinski definition) is 2. The maximum Gasteiger partial charge on any atom is 0.234 e. The first-order valence-corrected chi connectivity index (χ1v) is 9.60. The van der Waals surface area contributed by atoms with E-state index >= 15 is 0 Å². The molecule has 0 bridgehead atoms. The molecule has 0 fully saturated rings. The molecule has 3 N–H and O–H groups in total. The van der Waals surface area contributed by atoms with E-state index in [1.807, 2.05) is 32.0 Å². The zero-order valence-electron chi connectivity index (χ0n) is 15.8. The van der Waals surface area contributed by atoms with Gasteiger partial charge in [0.05, 0.1) is 5.75 Å². The number of amides is 1. The lowest BCUT2D eigenvalue weighted by Crippen LogP contribution is -2.18. The van der Waals surface area contributed by atoms with Gasteiger partial charge in [0.2, 0.25) is 11.1 Å². The van der Waals surface area contributed by atoms with Gasteiger partial charge in [0.25, 0.3) is 0 Å². The van der Waals surface area contributed by atoms with E-state index in [0.717, 1.165) is 40.8 Å². The fourth-order valence-corrected chi connectivity index (χ4v) is 3.24. The number of hydrogen-bond acceptors (Lipinski definition) is 6. The van der Waals surface area contributed by atoms with Crippen molar-refractivity contribution >= 4 is 23.4 Å². The van der Waals surface area contributed by atoms with Crippen LogP contribution in [-0.4, -0.2) is 26.5 Å². The normalized spacial score (nSPS) is 10.8. The van der Waals surface area contributed by atoms with Gasteiger partial charge >= 0.3 is 0 Å². The standard InChI is InChI=1S/C19H19F2N5O2S/c1-11-4-3-5-12(2)18(11)28-9-16-24-25-19(26(16)22)29-10-17(27)23-13-6-7-14(20)15(21)8-13/h3-8H,9-10,22H2,1-2H3,(H,23,27). The molecule has 1 heterocycles. The second-order valence-corrected chi connectivity index (χ2v) is 7.19. The van der Waals surface area contributed by atoms with Crippen molar-refractivity contribution in [2.24, 2.45) is 0 Å². The molecule has 7 nitrogen and oxygen atoms in total. The predicted molar refractivity (Wildman–Crippen MR) is 106 cm³/mol. The molecule has 0 spiro atoms. The first-order valence-electron chi connectivity index (χ1n) is 8.61. The SMILES string of the molecule is Cc1cccc(C)c1OCc1nnc(SCC(=O)Nc2ccc(F)c(F)c2)n1N. The number of nitrogen functional groups attached to an aromatic ring is 1. The van der Waals surface area contributed by atoms with E-state index < -0.39 is 17.5 Å². The van der Waals surface area contributed by atoms with Crippen LogP contribution in [0.15, 0.2) is 41.6 Å². The number of para-hydroxylation sites is 1. The molecular weight excluding hydrogens is 400 g/mol. The topological polar surface area (TPSA) is 95.1 Å². The van der Waals surface area contributed by atoms with Crippen molar-refractivity contribution in [2.75, 3.05) is 16.9 Å². The quantitative estimate of drug-likeness (QED) is 0.451. The highest BCUT2D eigenvalue weighted by atomic mass is 32.2. The van der Waals surface area contributed by atoms with Gasteiger partial charge in [0.15, 0.2) is 17.5 Å². The van der Waals surface area contributed by atoms with Crippen molar-refractivity contribution in [3.8, 4) is 5.75 Å². The van der Waals surface area contributed by atoms with Crippen LogP contribution in [0.4, 0.5) is 14.5 Å². The number of nitrogens with two attached hydrogens (primary N) is 1. The largest absolute Gasteiger partial charge is 0.485 e. The molecule has 10 heteroatoms. The number of aryl methyl sites for hydroxylation is 2. The predicted octanol–water partition coefficient (Wildman–Crippen LogP) is 3.20. The van der Waals surface area contributed by atoms with Gasteiger partial charge in [-0.1, -0.05) is 30.0 Å². The summed E-state index contributed by atoms with van der Waals surface area (Å²) in [6.45, 7) is 4.02. The number of halogens is 2. The monoisotopic (exact) mass is 419 g/mol. The Bertz CT molecular complexity index is 1020. The third kappa shape index (κ3) is 5.02. The Balaban J connectivity index is 1.56. The van der Waals surface area contributed by atoms with Crippen LogP contribution in [0.1, 0.15) is 17.0 Å². The Morgan fingerprint density at radius 1 is 1.17 bits per heavy atom. The first kappa shape index (κ1) is 20.6. The second kappa shape index (κ2) is 8.91. The summed E-state index contributed by atoms with van der Waals surface area (Å²) in [5.74, 6) is 4.67. The van der Waals surface area contributed by atoms with E-state index in [9.17, 15) is 13.6 Å². The minimum Gasteiger partial charge on any atom is -0.485 e. The molecule has 2 aromatic carbocycles. The maximum atomic E-state index is 13.2. The van der Waals surface area contributed by atoms with Gasteiger partial charge < -0.3 is 15.9 Å². The van der Waals surface area contributed by atoms with Crippen LogP contribution >= 0.6 is 11.8 Å². The average Bonchev–Trinajstić information content (AvgIpc) is 3.02. The zero-order valence-corrected chi connectivity index (χ0v) is 16.6. The third-order valence-corrected chi connectivity index (χ3v) is 4.97. The summed E-state index contributed by atoms with van der Waals surface area (Å²) in [7, 11) is 0. The fourth-order valence-electron chi connectivity index (χ4n) is 2.57. The van der Waals surface area contributed by atoms with Crippen LogP contribution in [0.5, 0.6) is 5.75 Å². The van der Waals surface area contributed by atoms with Gasteiger partial charge in [0, 0.05) is 11.8 Å². The van der Waals surface area contributed by atoms with Crippen LogP contribution in [0.3, 0.4) is 0 Å². The highest BCUT2D eigenvalue weighted by molar-refractivity contribution is 7.99. The molecule has 0 saturated carbocycles. The number of ether oxygens (including phenoxy) is 1. The van der Waals surface area contributed by atoms with E-state index in [1.165, 1.54) is 10.7 Å². The van der Waals surface area contributed by atoms with Gasteiger partial charge in [-0.3, -0.25) is 4.79 Å². The summed E-state index contributed by atoms with van der Waals surface area (Å²) in [5, 5.41) is 10.8. The Morgan fingerprint density at radius 2 is 1.90 bits per heavy atom. The summed E-state index contributed by atoms with van der Waals surface area (Å²) >= 11 is 1.06. The molecule has 152 valence electrons. The van der Waals surface area contributed by atoms with Gasteiger partial charge in [-0.15, -0.1) is 10.2 Å². The molecule has 1 amide bonds. The molecular formula is C19H19F2N5O2S. The van der Waals surface area contributed by atoms with Crippen LogP contribution in [-0.2, 0) is 11.4 Å². The number of aromatic nitrogens is 3. The summed E-state index contributed by atoms with van der Waals surface area (Å²) in [4.78, 5) is 12.0. The molecule has 0 radical (unpaired) electrons. The smallest absolute Gasteiger partial charge is 0.234 e. The lowest BCUT2D eigenvalue weighted by molar-refractivity contribution is -0.113. The number of benzene rings is 2. The number of anilines is 1. The Morgan fingerprint density at radius 3 is 2.59 bits per heavy atom. The van der Waals surface area contributed by atoms with Crippen LogP contribution in [0, 0.1) is 25.5 Å². The van der Waals surface area contributed by atoms with Gasteiger partial charge in [-0.2, -0.15) is 0 Å². The number of thioether (sulfide) groups is 1. The Labute approximate surface area is 170 Å². The first-order chi connectivity index (χ1) is 13.8. The second-order valence-electron chi connectivity index (χ2n) is 6.24. The van der Waals surface area contributed by atoms with Crippen molar-refractivity contribution in [3.63, 3.8) is 0 Å². The molecule has 3 rings (SSSR count). The number of nitrogens with one attached hydrogen (secondary N) is 1. The van der Waals surface area contributed by atoms with E-state index in [4.69, 9.17) is 10.6 Å². The third-order valence-electron chi connectivity index (χ3n) is 4.03. The van der Waals surface area contributed by atoms with E-state index in [0.29, 0.717) is 11.0 Å². The minimum atomic E-state index is -1.04. The van der Waals surface area contributed by atoms with E-state index in [2.05, 4.69) is 15.5 Å². The van der Waals surface area contributed by atoms with E-state index in [1.54, 1.807) is 0 Å². The summed E-state index contributed by atoms with van der Waals surface area (Å²) in [6, 6.07) is 8.96. The van der Waals surface area contributed by atoms with Crippen molar-refractivity contribution in [1.82, 2.24) is 14.9 Å². The van der Waals surface area contributed by atoms with Crippen molar-refractivity contribution in [2.45, 2.75) is 25.6 Å². The molecule has 1 aromatic heterocycles. The highest BCUT2D eigenvalue weighted by Gasteiger charge is 2.14. The van der Waals surface area contributed by atoms with Gasteiger partial charge in [-0.25, -0.2) is 13.5 Å². The van der Waals surface area contributed by atoms with Crippen molar-refractivity contribution < 1.29 is 18.3 Å². The van der Waals surface area contributed by atoms with Crippen molar-refractivity contribution in [3.05, 3.63) is 65.0 Å². The van der Waals surface area contributed by atoms with Crippen molar-refractivity contribution in [1.29, 1.82) is 0 Å². The minimum absolute atomic E-state index is 0.0356. The molecule has 29 heavy (non-hydrogen) atoms. The Hall–Kier alpha value is -3.14. The molecule has 0 aliphatic rings. The van der Waals surface area contributed by atoms with Crippen LogP contribution in [0.2, 0.25) is 0 Å².